The predicted octanol–water partition coefficient (Wildman–Crippen LogP) is 3.98. The molecule has 1 aliphatic heterocycles. The third-order valence-electron chi connectivity index (χ3n) is 4.69. The maximum absolute atomic E-state index is 6.16. The molecule has 3 N–H and O–H groups in total. The first-order chi connectivity index (χ1) is 13.7. The van der Waals surface area contributed by atoms with Gasteiger partial charge in [-0.2, -0.15) is 0 Å². The number of methoxy groups -OCH3 is 2. The summed E-state index contributed by atoms with van der Waals surface area (Å²) in [6.07, 6.45) is 3.36. The summed E-state index contributed by atoms with van der Waals surface area (Å²) >= 11 is 0. The van der Waals surface area contributed by atoms with Crippen LogP contribution < -0.4 is 25.3 Å². The largest absolute Gasteiger partial charge is 0.493 e. The zero-order valence-electron chi connectivity index (χ0n) is 16.8. The number of allylic oxidation sites excluding steroid dienone is 1. The zero-order valence-corrected chi connectivity index (χ0v) is 19.1. The molecule has 6 nitrogen and oxygen atoms in total. The van der Waals surface area contributed by atoms with Gasteiger partial charge in [0.15, 0.2) is 17.5 Å². The third-order valence-corrected chi connectivity index (χ3v) is 4.69. The Bertz CT molecular complexity index is 870. The van der Waals surface area contributed by atoms with Crippen LogP contribution in [-0.2, 0) is 13.0 Å². The number of para-hydroxylation sites is 1. The molecule has 1 unspecified atom stereocenters. The van der Waals surface area contributed by atoms with Crippen LogP contribution in [0.3, 0.4) is 0 Å². The Labute approximate surface area is 189 Å². The Hall–Kier alpha value is -2.42. The minimum Gasteiger partial charge on any atom is -0.493 e. The summed E-state index contributed by atoms with van der Waals surface area (Å²) in [5, 5.41) is 3.31. The van der Waals surface area contributed by atoms with Crippen LogP contribution in [-0.4, -0.2) is 26.8 Å². The van der Waals surface area contributed by atoms with E-state index in [9.17, 15) is 0 Å². The lowest BCUT2D eigenvalue weighted by atomic mass is 10.0. The summed E-state index contributed by atoms with van der Waals surface area (Å²) in [6.45, 7) is 4.90. The molecule has 29 heavy (non-hydrogen) atoms. The Morgan fingerprint density at radius 3 is 2.83 bits per heavy atom. The van der Waals surface area contributed by atoms with Gasteiger partial charge in [0.05, 0.1) is 33.4 Å². The van der Waals surface area contributed by atoms with E-state index in [0.29, 0.717) is 31.3 Å². The van der Waals surface area contributed by atoms with Gasteiger partial charge in [-0.3, -0.25) is 0 Å². The van der Waals surface area contributed by atoms with Gasteiger partial charge in [0.1, 0.15) is 5.75 Å². The number of aliphatic imine (C=N–C) groups is 1. The molecule has 1 aliphatic rings. The molecule has 0 saturated carbocycles. The van der Waals surface area contributed by atoms with Crippen LogP contribution >= 0.6 is 24.0 Å². The molecule has 0 aliphatic carbocycles. The first-order valence-corrected chi connectivity index (χ1v) is 9.29. The number of hydrogen-bond acceptors (Lipinski definition) is 4. The van der Waals surface area contributed by atoms with Gasteiger partial charge in [-0.1, -0.05) is 24.3 Å². The quantitative estimate of drug-likeness (QED) is 0.256. The first kappa shape index (κ1) is 22.9. The second-order valence-corrected chi connectivity index (χ2v) is 6.56. The molecule has 1 heterocycles. The van der Waals surface area contributed by atoms with Gasteiger partial charge in [-0.05, 0) is 30.2 Å². The van der Waals surface area contributed by atoms with Crippen LogP contribution in [0.2, 0.25) is 0 Å². The molecular weight excluding hydrogens is 481 g/mol. The van der Waals surface area contributed by atoms with Crippen LogP contribution in [0.15, 0.2) is 54.0 Å². The molecule has 1 atom stereocenters. The number of nitrogens with one attached hydrogen (secondary N) is 1. The number of benzene rings is 2. The molecule has 0 aromatic heterocycles. The van der Waals surface area contributed by atoms with Crippen molar-refractivity contribution in [2.75, 3.05) is 20.8 Å². The number of hydrogen-bond donors (Lipinski definition) is 2. The maximum atomic E-state index is 6.16. The van der Waals surface area contributed by atoms with E-state index in [1.807, 2.05) is 36.4 Å². The Morgan fingerprint density at radius 1 is 1.31 bits per heavy atom. The van der Waals surface area contributed by atoms with Crippen molar-refractivity contribution in [2.24, 2.45) is 10.7 Å². The number of halogens is 1. The highest BCUT2D eigenvalue weighted by Crippen LogP contribution is 2.34. The molecule has 3 rings (SSSR count). The monoisotopic (exact) mass is 509 g/mol. The maximum Gasteiger partial charge on any atom is 0.189 e. The van der Waals surface area contributed by atoms with E-state index in [0.717, 1.165) is 34.6 Å². The average Bonchev–Trinajstić information content (AvgIpc) is 2.72. The van der Waals surface area contributed by atoms with Crippen molar-refractivity contribution in [1.29, 1.82) is 0 Å². The molecule has 2 aromatic rings. The third kappa shape index (κ3) is 5.56. The lowest BCUT2D eigenvalue weighted by Crippen LogP contribution is -2.37. The molecule has 2 aromatic carbocycles. The van der Waals surface area contributed by atoms with E-state index in [1.54, 1.807) is 14.2 Å². The fourth-order valence-corrected chi connectivity index (χ4v) is 3.40. The van der Waals surface area contributed by atoms with E-state index in [4.69, 9.17) is 19.9 Å². The van der Waals surface area contributed by atoms with E-state index in [1.165, 1.54) is 0 Å². The van der Waals surface area contributed by atoms with Gasteiger partial charge in [0.25, 0.3) is 0 Å². The van der Waals surface area contributed by atoms with Gasteiger partial charge in [-0.15, -0.1) is 30.6 Å². The lowest BCUT2D eigenvalue weighted by molar-refractivity contribution is 0.262. The number of rotatable bonds is 7. The molecule has 0 fully saturated rings. The summed E-state index contributed by atoms with van der Waals surface area (Å²) < 4.78 is 16.6. The molecule has 0 radical (unpaired) electrons. The van der Waals surface area contributed by atoms with Crippen LogP contribution in [0.1, 0.15) is 29.2 Å². The summed E-state index contributed by atoms with van der Waals surface area (Å²) in [5.41, 5.74) is 9.26. The van der Waals surface area contributed by atoms with Crippen molar-refractivity contribution in [3.63, 3.8) is 0 Å². The van der Waals surface area contributed by atoms with Crippen molar-refractivity contribution >= 4 is 29.9 Å². The van der Waals surface area contributed by atoms with E-state index < -0.39 is 0 Å². The van der Waals surface area contributed by atoms with Crippen molar-refractivity contribution < 1.29 is 14.2 Å². The van der Waals surface area contributed by atoms with Gasteiger partial charge >= 0.3 is 0 Å². The summed E-state index contributed by atoms with van der Waals surface area (Å²) in [6, 6.07) is 12.1. The van der Waals surface area contributed by atoms with Crippen LogP contribution in [0, 0.1) is 0 Å². The molecule has 0 bridgehead atoms. The minimum atomic E-state index is 0. The normalized spacial score (nSPS) is 15.4. The number of nitrogens with two attached hydrogens (primary N) is 1. The second-order valence-electron chi connectivity index (χ2n) is 6.56. The fourth-order valence-electron chi connectivity index (χ4n) is 3.40. The average molecular weight is 509 g/mol. The Morgan fingerprint density at radius 2 is 2.10 bits per heavy atom. The predicted molar refractivity (Wildman–Crippen MR) is 127 cm³/mol. The van der Waals surface area contributed by atoms with E-state index in [-0.39, 0.29) is 30.0 Å². The van der Waals surface area contributed by atoms with E-state index >= 15 is 0 Å². The van der Waals surface area contributed by atoms with Crippen molar-refractivity contribution in [3.05, 3.63) is 65.7 Å². The summed E-state index contributed by atoms with van der Waals surface area (Å²) in [7, 11) is 3.26. The number of nitrogens with zero attached hydrogens (tertiary/aromatic N) is 1. The Kier molecular flexibility index (Phi) is 8.63. The van der Waals surface area contributed by atoms with Crippen LogP contribution in [0.5, 0.6) is 17.2 Å². The van der Waals surface area contributed by atoms with Gasteiger partial charge < -0.3 is 25.3 Å². The zero-order chi connectivity index (χ0) is 19.9. The molecule has 156 valence electrons. The summed E-state index contributed by atoms with van der Waals surface area (Å²) in [4.78, 5) is 4.51. The summed E-state index contributed by atoms with van der Waals surface area (Å²) in [5.74, 6) is 2.70. The second kappa shape index (κ2) is 10.9. The molecule has 7 heteroatoms. The molecule has 0 saturated heterocycles. The van der Waals surface area contributed by atoms with Gasteiger partial charge in [0, 0.05) is 17.5 Å². The highest BCUT2D eigenvalue weighted by atomic mass is 127. The molecular formula is C22H28IN3O3. The highest BCUT2D eigenvalue weighted by Gasteiger charge is 2.21. The van der Waals surface area contributed by atoms with Crippen molar-refractivity contribution in [2.45, 2.75) is 25.4 Å². The van der Waals surface area contributed by atoms with E-state index in [2.05, 4.69) is 23.0 Å². The topological polar surface area (TPSA) is 78.1 Å². The SMILES string of the molecule is C=CCc1cc(CN=C(N)NC2CCOc3ccccc32)cc(OC)c1OC.I. The molecule has 0 spiro atoms. The first-order valence-electron chi connectivity index (χ1n) is 9.29. The van der Waals surface area contributed by atoms with Gasteiger partial charge in [0.2, 0.25) is 0 Å². The number of fused-ring (bicyclic) bond motifs is 1. The van der Waals surface area contributed by atoms with Crippen molar-refractivity contribution in [3.8, 4) is 17.2 Å². The Balaban J connectivity index is 0.00000300. The van der Waals surface area contributed by atoms with Crippen molar-refractivity contribution in [1.82, 2.24) is 5.32 Å². The minimum absolute atomic E-state index is 0. The lowest BCUT2D eigenvalue weighted by Gasteiger charge is -2.26. The highest BCUT2D eigenvalue weighted by molar-refractivity contribution is 14.0. The smallest absolute Gasteiger partial charge is 0.189 e. The number of guanidine groups is 1. The fraction of sp³-hybridized carbons (Fsp3) is 0.318. The standard InChI is InChI=1S/C22H27N3O3.HI/c1-4-7-16-12-15(13-20(26-2)21(16)27-3)14-24-22(23)25-18-10-11-28-19-9-6-5-8-17(18)19;/h4-6,8-9,12-13,18H,1,7,10-11,14H2,2-3H3,(H3,23,24,25);1H. The number of ether oxygens (including phenoxy) is 3. The van der Waals surface area contributed by atoms with Crippen LogP contribution in [0.25, 0.3) is 0 Å². The van der Waals surface area contributed by atoms with Crippen LogP contribution in [0.4, 0.5) is 0 Å². The van der Waals surface area contributed by atoms with Gasteiger partial charge in [-0.25, -0.2) is 4.99 Å². The molecule has 0 amide bonds.